The van der Waals surface area contributed by atoms with Gasteiger partial charge < -0.3 is 19.6 Å². The largest absolute Gasteiger partial charge is 0.489 e. The average Bonchev–Trinajstić information content (AvgIpc) is 2.90. The van der Waals surface area contributed by atoms with E-state index in [2.05, 4.69) is 10.1 Å². The number of benzene rings is 3. The highest BCUT2D eigenvalue weighted by molar-refractivity contribution is 7.92. The maximum Gasteiger partial charge on any atom is 0.416 e. The molecule has 4 rings (SSSR count). The monoisotopic (exact) mass is 590 g/mol. The van der Waals surface area contributed by atoms with Crippen molar-refractivity contribution in [1.82, 2.24) is 5.32 Å². The average molecular weight is 591 g/mol. The van der Waals surface area contributed by atoms with Gasteiger partial charge in [-0.15, -0.1) is 0 Å². The molecule has 0 spiro atoms. The van der Waals surface area contributed by atoms with Gasteiger partial charge in [0.25, 0.3) is 10.0 Å². The van der Waals surface area contributed by atoms with E-state index in [1.807, 2.05) is 14.1 Å². The summed E-state index contributed by atoms with van der Waals surface area (Å²) in [7, 11) is 0.901. The van der Waals surface area contributed by atoms with Crippen molar-refractivity contribution in [2.24, 2.45) is 0 Å². The van der Waals surface area contributed by atoms with Crippen LogP contribution in [0.3, 0.4) is 0 Å². The molecule has 0 fully saturated rings. The van der Waals surface area contributed by atoms with Gasteiger partial charge in [-0.2, -0.15) is 13.2 Å². The van der Waals surface area contributed by atoms with Crippen molar-refractivity contribution in [3.05, 3.63) is 77.1 Å². The van der Waals surface area contributed by atoms with Crippen LogP contribution in [0.5, 0.6) is 5.75 Å². The molecule has 0 radical (unpaired) electrons. The Labute approximate surface area is 229 Å². The van der Waals surface area contributed by atoms with E-state index in [4.69, 9.17) is 16.3 Å². The fourth-order valence-corrected chi connectivity index (χ4v) is 5.10. The zero-order valence-electron chi connectivity index (χ0n) is 21.3. The molecule has 0 amide bonds. The van der Waals surface area contributed by atoms with E-state index < -0.39 is 32.5 Å². The van der Waals surface area contributed by atoms with E-state index in [0.29, 0.717) is 23.5 Å². The molecular formula is C26H27ClF4N2O5S. The highest BCUT2D eigenvalue weighted by atomic mass is 35.5. The maximum atomic E-state index is 13.9. The molecule has 0 saturated heterocycles. The van der Waals surface area contributed by atoms with E-state index in [9.17, 15) is 30.8 Å². The van der Waals surface area contributed by atoms with Gasteiger partial charge in [0.05, 0.1) is 27.7 Å². The first-order chi connectivity index (χ1) is 18.4. The number of carbonyl (C=O) groups is 1. The second-order valence-corrected chi connectivity index (χ2v) is 10.1. The third-order valence-corrected chi connectivity index (χ3v) is 7.22. The van der Waals surface area contributed by atoms with Crippen LogP contribution >= 0.6 is 11.6 Å². The van der Waals surface area contributed by atoms with E-state index in [1.54, 1.807) is 12.1 Å². The van der Waals surface area contributed by atoms with E-state index in [0.717, 1.165) is 22.5 Å². The number of fused-ring (bicyclic) bond motifs is 1. The first-order valence-corrected chi connectivity index (χ1v) is 13.2. The van der Waals surface area contributed by atoms with Crippen LogP contribution < -0.4 is 14.4 Å². The molecule has 7 nitrogen and oxygen atoms in total. The number of alkyl halides is 3. The van der Waals surface area contributed by atoms with Gasteiger partial charge in [-0.05, 0) is 56.1 Å². The van der Waals surface area contributed by atoms with Crippen LogP contribution in [0.1, 0.15) is 5.56 Å². The lowest BCUT2D eigenvalue weighted by Crippen LogP contribution is -2.38. The summed E-state index contributed by atoms with van der Waals surface area (Å²) in [6.07, 6.45) is -3.98. The number of hydrogen-bond acceptors (Lipinski definition) is 6. The van der Waals surface area contributed by atoms with Gasteiger partial charge in [-0.25, -0.2) is 12.8 Å². The van der Waals surface area contributed by atoms with Crippen molar-refractivity contribution >= 4 is 33.6 Å². The summed E-state index contributed by atoms with van der Waals surface area (Å²) in [6.45, 7) is 0.122. The fourth-order valence-electron chi connectivity index (χ4n) is 3.37. The highest BCUT2D eigenvalue weighted by Gasteiger charge is 2.35. The lowest BCUT2D eigenvalue weighted by Gasteiger charge is -2.31. The number of methoxy groups -OCH3 is 1. The summed E-state index contributed by atoms with van der Waals surface area (Å²) in [4.78, 5) is 8.78. The van der Waals surface area contributed by atoms with Gasteiger partial charge in [0.1, 0.15) is 31.1 Å². The highest BCUT2D eigenvalue weighted by Crippen LogP contribution is 2.41. The summed E-state index contributed by atoms with van der Waals surface area (Å²) < 4.78 is 90.4. The summed E-state index contributed by atoms with van der Waals surface area (Å²) in [5.74, 6) is -0.403. The van der Waals surface area contributed by atoms with Crippen LogP contribution in [-0.2, 0) is 25.7 Å². The Kier molecular flexibility index (Phi) is 11.7. The molecule has 0 bridgehead atoms. The van der Waals surface area contributed by atoms with Crippen molar-refractivity contribution in [2.45, 2.75) is 11.1 Å². The second-order valence-electron chi connectivity index (χ2n) is 7.86. The van der Waals surface area contributed by atoms with Crippen molar-refractivity contribution in [1.29, 1.82) is 0 Å². The number of aldehydes is 1. The molecule has 1 aliphatic heterocycles. The summed E-state index contributed by atoms with van der Waals surface area (Å²) >= 11 is 6.05. The SMILES string of the molecule is CNC.COCC=O.O=S(=O)(c1cccc(C(F)(F)F)c1)N1CCOc2ccc(-c3cccc(F)c3Cl)cc21. The molecule has 0 saturated carbocycles. The Balaban J connectivity index is 0.000000590. The maximum absolute atomic E-state index is 13.9. The minimum absolute atomic E-state index is 0.0191. The smallest absolute Gasteiger partial charge is 0.416 e. The quantitative estimate of drug-likeness (QED) is 0.316. The Morgan fingerprint density at radius 2 is 1.77 bits per heavy atom. The van der Waals surface area contributed by atoms with E-state index in [-0.39, 0.29) is 36.2 Å². The van der Waals surface area contributed by atoms with Crippen LogP contribution in [0.2, 0.25) is 5.02 Å². The third-order valence-electron chi connectivity index (χ3n) is 5.03. The van der Waals surface area contributed by atoms with Crippen LogP contribution in [-0.4, -0.2) is 55.7 Å². The molecule has 39 heavy (non-hydrogen) atoms. The Morgan fingerprint density at radius 1 is 1.10 bits per heavy atom. The van der Waals surface area contributed by atoms with Gasteiger partial charge in [-0.3, -0.25) is 4.31 Å². The molecule has 3 aromatic rings. The molecule has 13 heteroatoms. The Hall–Kier alpha value is -3.19. The molecule has 3 aromatic carbocycles. The number of sulfonamides is 1. The minimum atomic E-state index is -4.68. The molecule has 0 unspecified atom stereocenters. The van der Waals surface area contributed by atoms with Gasteiger partial charge in [0, 0.05) is 12.7 Å². The van der Waals surface area contributed by atoms with Crippen LogP contribution in [0, 0.1) is 5.82 Å². The van der Waals surface area contributed by atoms with Crippen molar-refractivity contribution in [3.63, 3.8) is 0 Å². The lowest BCUT2D eigenvalue weighted by molar-refractivity contribution is -0.137. The van der Waals surface area contributed by atoms with Crippen molar-refractivity contribution < 1.29 is 40.2 Å². The van der Waals surface area contributed by atoms with Gasteiger partial charge in [0.2, 0.25) is 0 Å². The number of nitrogens with one attached hydrogen (secondary N) is 1. The second kappa shape index (κ2) is 14.3. The summed E-state index contributed by atoms with van der Waals surface area (Å²) in [5, 5.41) is 2.62. The molecule has 0 aliphatic carbocycles. The van der Waals surface area contributed by atoms with Gasteiger partial charge in [-0.1, -0.05) is 35.9 Å². The first kappa shape index (κ1) is 32.0. The molecule has 0 atom stereocenters. The first-order valence-electron chi connectivity index (χ1n) is 11.3. The van der Waals surface area contributed by atoms with Crippen LogP contribution in [0.4, 0.5) is 23.2 Å². The number of nitrogens with zero attached hydrogens (tertiary/aromatic N) is 1. The molecule has 0 aromatic heterocycles. The number of anilines is 1. The number of carbonyl (C=O) groups excluding carboxylic acids is 1. The van der Waals surface area contributed by atoms with Crippen LogP contribution in [0.25, 0.3) is 11.1 Å². The number of rotatable bonds is 5. The number of hydrogen-bond donors (Lipinski definition) is 1. The zero-order chi connectivity index (χ0) is 29.2. The number of halogens is 5. The van der Waals surface area contributed by atoms with Crippen molar-refractivity contribution in [3.8, 4) is 16.9 Å². The molecular weight excluding hydrogens is 564 g/mol. The van der Waals surface area contributed by atoms with Crippen LogP contribution in [0.15, 0.2) is 65.6 Å². The zero-order valence-corrected chi connectivity index (χ0v) is 22.8. The third kappa shape index (κ3) is 8.15. The normalized spacial score (nSPS) is 12.7. The predicted octanol–water partition coefficient (Wildman–Crippen LogP) is 5.42. The standard InChI is InChI=1S/C21H14ClF4NO3S.C3H6O2.C2H7N/c22-20-16(5-2-6-17(20)23)13-7-8-19-18(11-13)27(9-10-30-19)31(28,29)15-4-1-3-14(12-15)21(24,25)26;1-5-3-2-4;1-3-2/h1-8,11-12H,9-10H2;2H,3H2,1H3;3H,1-2H3. The molecule has 212 valence electrons. The number of ether oxygens (including phenoxy) is 2. The summed E-state index contributed by atoms with van der Waals surface area (Å²) in [5.41, 5.74) is -0.173. The Bertz CT molecular complexity index is 1370. The summed E-state index contributed by atoms with van der Waals surface area (Å²) in [6, 6.07) is 12.3. The van der Waals surface area contributed by atoms with E-state index in [1.165, 1.54) is 31.4 Å². The predicted molar refractivity (Wildman–Crippen MR) is 141 cm³/mol. The molecule has 1 N–H and O–H groups in total. The topological polar surface area (TPSA) is 84.9 Å². The van der Waals surface area contributed by atoms with Gasteiger partial charge in [0.15, 0.2) is 0 Å². The van der Waals surface area contributed by atoms with Gasteiger partial charge >= 0.3 is 6.18 Å². The molecule has 1 aliphatic rings. The minimum Gasteiger partial charge on any atom is -0.489 e. The van der Waals surface area contributed by atoms with E-state index >= 15 is 0 Å². The van der Waals surface area contributed by atoms with Crippen molar-refractivity contribution in [2.75, 3.05) is 45.3 Å². The Morgan fingerprint density at radius 3 is 2.36 bits per heavy atom. The fraction of sp³-hybridized carbons (Fsp3) is 0.269. The lowest BCUT2D eigenvalue weighted by atomic mass is 10.0. The molecule has 1 heterocycles.